The van der Waals surface area contributed by atoms with E-state index < -0.39 is 0 Å². The van der Waals surface area contributed by atoms with Crippen LogP contribution in [-0.4, -0.2) is 17.6 Å². The number of rotatable bonds is 3. The fourth-order valence-electron chi connectivity index (χ4n) is 3.91. The fraction of sp³-hybridized carbons (Fsp3) is 0.286. The first-order valence-electron chi connectivity index (χ1n) is 8.56. The summed E-state index contributed by atoms with van der Waals surface area (Å²) < 4.78 is 7.28. The molecule has 2 heterocycles. The molecule has 2 aromatic carbocycles. The number of methoxy groups -OCH3 is 1. The van der Waals surface area contributed by atoms with Crippen LogP contribution in [-0.2, 0) is 24.1 Å². The molecule has 0 N–H and O–H groups in total. The van der Waals surface area contributed by atoms with Crippen LogP contribution >= 0.6 is 0 Å². The molecular weight excluding hydrogens is 298 g/mol. The van der Waals surface area contributed by atoms with Crippen LogP contribution in [0.1, 0.15) is 34.8 Å². The van der Waals surface area contributed by atoms with Crippen molar-refractivity contribution in [1.82, 2.24) is 4.57 Å². The van der Waals surface area contributed by atoms with E-state index in [1.54, 1.807) is 0 Å². The Bertz CT molecular complexity index is 936. The third-order valence-corrected chi connectivity index (χ3v) is 4.97. The van der Waals surface area contributed by atoms with Crippen LogP contribution in [0.3, 0.4) is 0 Å². The molecule has 0 saturated heterocycles. The average Bonchev–Trinajstić information content (AvgIpc) is 2.95. The number of fused-ring (bicyclic) bond motifs is 5. The van der Waals surface area contributed by atoms with Gasteiger partial charge in [0.2, 0.25) is 0 Å². The van der Waals surface area contributed by atoms with E-state index in [0.717, 1.165) is 31.3 Å². The van der Waals surface area contributed by atoms with Gasteiger partial charge in [-0.05, 0) is 36.1 Å². The molecule has 0 aliphatic carbocycles. The number of carbonyl (C=O) groups excluding carboxylic acids is 1. The van der Waals surface area contributed by atoms with Crippen molar-refractivity contribution in [3.05, 3.63) is 59.2 Å². The number of carbonyl (C=O) groups is 1. The smallest absolute Gasteiger partial charge is 0.337 e. The number of ether oxygens (including phenoxy) is 1. The molecule has 3 aromatic rings. The van der Waals surface area contributed by atoms with Crippen LogP contribution in [0.2, 0.25) is 0 Å². The Morgan fingerprint density at radius 1 is 1.21 bits per heavy atom. The topological polar surface area (TPSA) is 31.2 Å². The normalized spacial score (nSPS) is 12.8. The summed E-state index contributed by atoms with van der Waals surface area (Å²) >= 11 is 0. The summed E-state index contributed by atoms with van der Waals surface area (Å²) in [6, 6.07) is 14.6. The van der Waals surface area contributed by atoms with Gasteiger partial charge in [-0.25, -0.2) is 4.79 Å². The molecule has 122 valence electrons. The van der Waals surface area contributed by atoms with Crippen LogP contribution in [0.4, 0.5) is 0 Å². The van der Waals surface area contributed by atoms with Gasteiger partial charge in [0.15, 0.2) is 0 Å². The van der Waals surface area contributed by atoms with Crippen molar-refractivity contribution in [2.75, 3.05) is 7.11 Å². The molecule has 3 heteroatoms. The minimum atomic E-state index is -0.277. The summed E-state index contributed by atoms with van der Waals surface area (Å²) in [5.41, 5.74) is 7.24. The lowest BCUT2D eigenvalue weighted by Gasteiger charge is -2.21. The number of nitrogens with zero attached hydrogens (tertiary/aromatic N) is 1. The van der Waals surface area contributed by atoms with Crippen molar-refractivity contribution in [3.8, 4) is 11.3 Å². The first-order chi connectivity index (χ1) is 11.7. The molecule has 1 aliphatic heterocycles. The van der Waals surface area contributed by atoms with Gasteiger partial charge in [-0.2, -0.15) is 0 Å². The summed E-state index contributed by atoms with van der Waals surface area (Å²) in [5, 5.41) is 1.26. The predicted octanol–water partition coefficient (Wildman–Crippen LogP) is 4.60. The molecule has 1 aliphatic rings. The van der Waals surface area contributed by atoms with Crippen molar-refractivity contribution in [2.45, 2.75) is 32.7 Å². The molecule has 0 spiro atoms. The molecule has 0 bridgehead atoms. The largest absolute Gasteiger partial charge is 0.465 e. The van der Waals surface area contributed by atoms with Gasteiger partial charge in [0.25, 0.3) is 0 Å². The second-order valence-electron chi connectivity index (χ2n) is 6.36. The van der Waals surface area contributed by atoms with Gasteiger partial charge in [0, 0.05) is 23.0 Å². The molecule has 0 saturated carbocycles. The number of hydrogen-bond donors (Lipinski definition) is 0. The molecule has 3 nitrogen and oxygen atoms in total. The van der Waals surface area contributed by atoms with E-state index in [4.69, 9.17) is 4.74 Å². The van der Waals surface area contributed by atoms with Crippen LogP contribution in [0.25, 0.3) is 22.2 Å². The number of hydrogen-bond acceptors (Lipinski definition) is 2. The van der Waals surface area contributed by atoms with Crippen LogP contribution in [0.5, 0.6) is 0 Å². The standard InChI is InChI=1S/C21H21NO2/c1-3-6-18-17-10-9-15(21(23)24-2)13-19(17)22-12-11-14-7-4-5-8-16(14)20(18)22/h4-5,7-10,13H,3,6,11-12H2,1-2H3. The average molecular weight is 319 g/mol. The highest BCUT2D eigenvalue weighted by molar-refractivity contribution is 5.98. The maximum Gasteiger partial charge on any atom is 0.337 e. The van der Waals surface area contributed by atoms with E-state index in [-0.39, 0.29) is 5.97 Å². The highest BCUT2D eigenvalue weighted by Gasteiger charge is 2.24. The second kappa shape index (κ2) is 5.82. The molecule has 0 atom stereocenters. The summed E-state index contributed by atoms with van der Waals surface area (Å²) in [5.74, 6) is -0.277. The van der Waals surface area contributed by atoms with Crippen molar-refractivity contribution >= 4 is 16.9 Å². The van der Waals surface area contributed by atoms with Gasteiger partial charge in [-0.1, -0.05) is 43.7 Å². The molecule has 0 fully saturated rings. The first-order valence-corrected chi connectivity index (χ1v) is 8.56. The van der Waals surface area contributed by atoms with Crippen LogP contribution in [0.15, 0.2) is 42.5 Å². The predicted molar refractivity (Wildman–Crippen MR) is 96.4 cm³/mol. The minimum Gasteiger partial charge on any atom is -0.465 e. The highest BCUT2D eigenvalue weighted by atomic mass is 16.5. The van der Waals surface area contributed by atoms with Gasteiger partial charge >= 0.3 is 5.97 Å². The van der Waals surface area contributed by atoms with Crippen molar-refractivity contribution in [2.24, 2.45) is 0 Å². The van der Waals surface area contributed by atoms with E-state index in [2.05, 4.69) is 41.8 Å². The van der Waals surface area contributed by atoms with Crippen molar-refractivity contribution < 1.29 is 9.53 Å². The van der Waals surface area contributed by atoms with Gasteiger partial charge < -0.3 is 9.30 Å². The van der Waals surface area contributed by atoms with Gasteiger partial charge in [0.1, 0.15) is 0 Å². The zero-order valence-corrected chi connectivity index (χ0v) is 14.1. The number of esters is 1. The molecule has 4 rings (SSSR count). The summed E-state index contributed by atoms with van der Waals surface area (Å²) in [6.07, 6.45) is 3.18. The lowest BCUT2D eigenvalue weighted by molar-refractivity contribution is 0.0601. The van der Waals surface area contributed by atoms with Crippen LogP contribution < -0.4 is 0 Å². The fourth-order valence-corrected chi connectivity index (χ4v) is 3.91. The quantitative estimate of drug-likeness (QED) is 0.660. The van der Waals surface area contributed by atoms with E-state index >= 15 is 0 Å². The number of benzene rings is 2. The van der Waals surface area contributed by atoms with Gasteiger partial charge in [-0.3, -0.25) is 0 Å². The Hall–Kier alpha value is -2.55. The zero-order chi connectivity index (χ0) is 16.7. The number of aromatic nitrogens is 1. The Balaban J connectivity index is 2.03. The Labute approximate surface area is 141 Å². The molecule has 0 amide bonds. The van der Waals surface area contributed by atoms with Crippen molar-refractivity contribution in [1.29, 1.82) is 0 Å². The second-order valence-corrected chi connectivity index (χ2v) is 6.36. The maximum absolute atomic E-state index is 11.9. The lowest BCUT2D eigenvalue weighted by Crippen LogP contribution is -2.11. The Kier molecular flexibility index (Phi) is 3.64. The first kappa shape index (κ1) is 15.0. The zero-order valence-electron chi connectivity index (χ0n) is 14.1. The number of aryl methyl sites for hydroxylation is 3. The summed E-state index contributed by atoms with van der Waals surface area (Å²) in [6.45, 7) is 3.17. The third kappa shape index (κ3) is 2.15. The minimum absolute atomic E-state index is 0.277. The molecule has 0 radical (unpaired) electrons. The highest BCUT2D eigenvalue weighted by Crippen LogP contribution is 2.39. The summed E-state index contributed by atoms with van der Waals surface area (Å²) in [4.78, 5) is 11.9. The van der Waals surface area contributed by atoms with Crippen LogP contribution in [0, 0.1) is 0 Å². The molecular formula is C21H21NO2. The van der Waals surface area contributed by atoms with E-state index in [1.807, 2.05) is 12.1 Å². The van der Waals surface area contributed by atoms with Gasteiger partial charge in [0.05, 0.1) is 18.4 Å². The Morgan fingerprint density at radius 3 is 2.83 bits per heavy atom. The van der Waals surface area contributed by atoms with Crippen molar-refractivity contribution in [3.63, 3.8) is 0 Å². The third-order valence-electron chi connectivity index (χ3n) is 4.97. The van der Waals surface area contributed by atoms with Gasteiger partial charge in [-0.15, -0.1) is 0 Å². The molecule has 24 heavy (non-hydrogen) atoms. The Morgan fingerprint density at radius 2 is 2.04 bits per heavy atom. The maximum atomic E-state index is 11.9. The summed E-state index contributed by atoms with van der Waals surface area (Å²) in [7, 11) is 1.43. The monoisotopic (exact) mass is 319 g/mol. The van der Waals surface area contributed by atoms with E-state index in [9.17, 15) is 4.79 Å². The van der Waals surface area contributed by atoms with E-state index in [0.29, 0.717) is 5.56 Å². The molecule has 1 aromatic heterocycles. The molecule has 0 unspecified atom stereocenters. The lowest BCUT2D eigenvalue weighted by atomic mass is 9.94. The van der Waals surface area contributed by atoms with E-state index in [1.165, 1.54) is 34.9 Å². The SMILES string of the molecule is CCCc1c2n(c3cc(C(=O)OC)ccc13)CCc1ccccc1-2.